The summed E-state index contributed by atoms with van der Waals surface area (Å²) in [6, 6.07) is 9.39. The lowest BCUT2D eigenvalue weighted by molar-refractivity contribution is -0.150. The molecule has 1 fully saturated rings. The molecule has 0 aliphatic heterocycles. The van der Waals surface area contributed by atoms with Gasteiger partial charge in [0.25, 0.3) is 0 Å². The molecule has 10 nitrogen and oxygen atoms in total. The largest absolute Gasteiger partial charge is 0.493 e. The first-order valence-electron chi connectivity index (χ1n) is 15.1. The normalized spacial score (nSPS) is 13.5. The third-order valence-electron chi connectivity index (χ3n) is 7.14. The first-order chi connectivity index (χ1) is 22.8. The molecule has 1 unspecified atom stereocenters. The highest BCUT2D eigenvalue weighted by molar-refractivity contribution is 6.35. The smallest absolute Gasteiger partial charge is 0.411 e. The number of methoxy groups -OCH3 is 2. The summed E-state index contributed by atoms with van der Waals surface area (Å²) in [5.74, 6) is 0.363. The summed E-state index contributed by atoms with van der Waals surface area (Å²) in [5, 5.41) is 0.463. The standard InChI is InChI=1S/C34H38Cl2F2N2O8/c1-34(2,3)48-33(42)40(17-21-8-10-26(43-4)29(12-21)44-5)18-31(41)46-28(14-23-24(35)15-39-16-25(23)36)22-9-11-27(47-32(37)38)30(13-22)45-19-20-6-7-20/h8-13,15-16,20,28,32H,6-7,14,17-19H2,1-5H3. The van der Waals surface area contributed by atoms with Crippen LogP contribution in [0.5, 0.6) is 23.0 Å². The van der Waals surface area contributed by atoms with Gasteiger partial charge >= 0.3 is 18.7 Å². The second-order valence-electron chi connectivity index (χ2n) is 12.1. The summed E-state index contributed by atoms with van der Waals surface area (Å²) in [7, 11) is 2.99. The van der Waals surface area contributed by atoms with Crippen molar-refractivity contribution < 1.29 is 46.8 Å². The summed E-state index contributed by atoms with van der Waals surface area (Å²) in [5.41, 5.74) is 0.607. The van der Waals surface area contributed by atoms with Crippen LogP contribution in [0.25, 0.3) is 0 Å². The monoisotopic (exact) mass is 710 g/mol. The molecule has 0 spiro atoms. The lowest BCUT2D eigenvalue weighted by atomic mass is 10.0. The molecule has 0 bridgehead atoms. The molecule has 48 heavy (non-hydrogen) atoms. The summed E-state index contributed by atoms with van der Waals surface area (Å²) in [4.78, 5) is 32.2. The minimum atomic E-state index is -3.08. The molecule has 1 saturated carbocycles. The van der Waals surface area contributed by atoms with Gasteiger partial charge in [-0.1, -0.05) is 35.3 Å². The number of hydrogen-bond acceptors (Lipinski definition) is 9. The van der Waals surface area contributed by atoms with E-state index < -0.39 is 36.9 Å². The van der Waals surface area contributed by atoms with E-state index in [1.165, 1.54) is 49.7 Å². The van der Waals surface area contributed by atoms with Gasteiger partial charge in [-0.25, -0.2) is 4.79 Å². The Kier molecular flexibility index (Phi) is 12.6. The van der Waals surface area contributed by atoms with Crippen LogP contribution in [0.1, 0.15) is 56.4 Å². The Morgan fingerprint density at radius 1 is 0.958 bits per heavy atom. The number of nitrogens with zero attached hydrogens (tertiary/aromatic N) is 2. The van der Waals surface area contributed by atoms with Crippen molar-refractivity contribution in [3.8, 4) is 23.0 Å². The zero-order valence-electron chi connectivity index (χ0n) is 27.3. The number of carbonyl (C=O) groups is 2. The maximum absolute atomic E-state index is 13.7. The number of benzene rings is 2. The zero-order chi connectivity index (χ0) is 35.0. The van der Waals surface area contributed by atoms with Gasteiger partial charge < -0.3 is 28.4 Å². The molecule has 14 heteroatoms. The Hall–Kier alpha value is -4.03. The fourth-order valence-electron chi connectivity index (χ4n) is 4.63. The van der Waals surface area contributed by atoms with Gasteiger partial charge in [-0.15, -0.1) is 0 Å². The van der Waals surface area contributed by atoms with E-state index in [4.69, 9.17) is 46.9 Å². The van der Waals surface area contributed by atoms with E-state index in [0.717, 1.165) is 12.8 Å². The number of amides is 1. The van der Waals surface area contributed by atoms with E-state index in [1.807, 2.05) is 0 Å². The number of pyridine rings is 1. The van der Waals surface area contributed by atoms with Gasteiger partial charge in [0.1, 0.15) is 18.2 Å². The lowest BCUT2D eigenvalue weighted by Gasteiger charge is -2.28. The topological polar surface area (TPSA) is 106 Å². The highest BCUT2D eigenvalue weighted by Gasteiger charge is 2.29. The average Bonchev–Trinajstić information content (AvgIpc) is 3.85. The van der Waals surface area contributed by atoms with Crippen molar-refractivity contribution in [3.05, 3.63) is 75.5 Å². The number of rotatable bonds is 15. The molecule has 2 aromatic carbocycles. The van der Waals surface area contributed by atoms with Crippen LogP contribution in [-0.4, -0.2) is 61.5 Å². The number of esters is 1. The predicted octanol–water partition coefficient (Wildman–Crippen LogP) is 8.06. The van der Waals surface area contributed by atoms with Gasteiger partial charge in [-0.2, -0.15) is 8.78 Å². The third kappa shape index (κ3) is 10.7. The van der Waals surface area contributed by atoms with Crippen LogP contribution in [0.2, 0.25) is 10.0 Å². The molecule has 0 saturated heterocycles. The van der Waals surface area contributed by atoms with Crippen LogP contribution in [0, 0.1) is 5.92 Å². The van der Waals surface area contributed by atoms with Crippen molar-refractivity contribution in [3.63, 3.8) is 0 Å². The molecule has 1 aliphatic rings. The van der Waals surface area contributed by atoms with Gasteiger partial charge in [0.2, 0.25) is 0 Å². The molecule has 0 radical (unpaired) electrons. The first-order valence-corrected chi connectivity index (χ1v) is 15.9. The minimum absolute atomic E-state index is 0.00877. The summed E-state index contributed by atoms with van der Waals surface area (Å²) in [6.07, 6.45) is 2.95. The fourth-order valence-corrected chi connectivity index (χ4v) is 5.15. The van der Waals surface area contributed by atoms with Crippen molar-refractivity contribution in [2.45, 2.75) is 64.9 Å². The summed E-state index contributed by atoms with van der Waals surface area (Å²) >= 11 is 12.8. The molecule has 1 aromatic heterocycles. The number of hydrogen-bond donors (Lipinski definition) is 0. The van der Waals surface area contributed by atoms with Crippen LogP contribution < -0.4 is 18.9 Å². The Bertz CT molecular complexity index is 1560. The Labute approximate surface area is 288 Å². The van der Waals surface area contributed by atoms with Crippen LogP contribution >= 0.6 is 23.2 Å². The summed E-state index contributed by atoms with van der Waals surface area (Å²) < 4.78 is 59.2. The molecule has 4 rings (SSSR count). The maximum atomic E-state index is 13.7. The third-order valence-corrected chi connectivity index (χ3v) is 7.79. The Morgan fingerprint density at radius 3 is 2.23 bits per heavy atom. The van der Waals surface area contributed by atoms with Gasteiger partial charge in [0.15, 0.2) is 23.0 Å². The van der Waals surface area contributed by atoms with Gasteiger partial charge in [-0.05, 0) is 80.5 Å². The molecule has 1 amide bonds. The van der Waals surface area contributed by atoms with E-state index in [0.29, 0.717) is 40.7 Å². The predicted molar refractivity (Wildman–Crippen MR) is 174 cm³/mol. The highest BCUT2D eigenvalue weighted by Crippen LogP contribution is 2.38. The van der Waals surface area contributed by atoms with Crippen LogP contribution in [-0.2, 0) is 27.2 Å². The molecule has 260 valence electrons. The Morgan fingerprint density at radius 2 is 1.62 bits per heavy atom. The van der Waals surface area contributed by atoms with E-state index in [9.17, 15) is 18.4 Å². The number of ether oxygens (including phenoxy) is 6. The van der Waals surface area contributed by atoms with Gasteiger partial charge in [0.05, 0.1) is 30.9 Å². The van der Waals surface area contributed by atoms with E-state index in [1.54, 1.807) is 39.0 Å². The first kappa shape index (κ1) is 36.8. The Balaban J connectivity index is 1.65. The zero-order valence-corrected chi connectivity index (χ0v) is 28.8. The quantitative estimate of drug-likeness (QED) is 0.145. The SMILES string of the molecule is COc1ccc(CN(CC(=O)OC(Cc2c(Cl)cncc2Cl)c2ccc(OC(F)F)c(OCC3CC3)c2)C(=O)OC(C)(C)C)cc1OC. The number of aromatic nitrogens is 1. The molecule has 0 N–H and O–H groups in total. The van der Waals surface area contributed by atoms with E-state index in [-0.39, 0.29) is 34.5 Å². The highest BCUT2D eigenvalue weighted by atomic mass is 35.5. The second kappa shape index (κ2) is 16.4. The van der Waals surface area contributed by atoms with Gasteiger partial charge in [-0.3, -0.25) is 14.7 Å². The van der Waals surface area contributed by atoms with Crippen LogP contribution in [0.3, 0.4) is 0 Å². The molecule has 1 aliphatic carbocycles. The van der Waals surface area contributed by atoms with Crippen molar-refractivity contribution in [2.24, 2.45) is 5.92 Å². The van der Waals surface area contributed by atoms with Crippen molar-refractivity contribution in [1.29, 1.82) is 0 Å². The molecular formula is C34H38Cl2F2N2O8. The fraction of sp³-hybridized carbons (Fsp3) is 0.441. The van der Waals surface area contributed by atoms with Crippen LogP contribution in [0.15, 0.2) is 48.8 Å². The molecule has 3 aromatic rings. The maximum Gasteiger partial charge on any atom is 0.411 e. The van der Waals surface area contributed by atoms with Crippen molar-refractivity contribution in [1.82, 2.24) is 9.88 Å². The lowest BCUT2D eigenvalue weighted by Crippen LogP contribution is -2.40. The summed E-state index contributed by atoms with van der Waals surface area (Å²) in [6.45, 7) is 1.83. The van der Waals surface area contributed by atoms with Crippen LogP contribution in [0.4, 0.5) is 13.6 Å². The molecular weight excluding hydrogens is 673 g/mol. The van der Waals surface area contributed by atoms with Crippen molar-refractivity contribution >= 4 is 35.3 Å². The number of halogens is 4. The minimum Gasteiger partial charge on any atom is -0.493 e. The molecule has 1 atom stereocenters. The number of alkyl halides is 2. The number of carbonyl (C=O) groups excluding carboxylic acids is 2. The van der Waals surface area contributed by atoms with Crippen molar-refractivity contribution in [2.75, 3.05) is 27.4 Å². The van der Waals surface area contributed by atoms with E-state index >= 15 is 0 Å². The average molecular weight is 712 g/mol. The molecule has 1 heterocycles. The van der Waals surface area contributed by atoms with E-state index in [2.05, 4.69) is 9.72 Å². The second-order valence-corrected chi connectivity index (χ2v) is 12.9. The van der Waals surface area contributed by atoms with Gasteiger partial charge in [0, 0.05) is 25.4 Å².